The van der Waals surface area contributed by atoms with E-state index in [2.05, 4.69) is 9.97 Å². The van der Waals surface area contributed by atoms with Gasteiger partial charge in [0.25, 0.3) is 0 Å². The lowest BCUT2D eigenvalue weighted by molar-refractivity contribution is -0.139. The second-order valence-corrected chi connectivity index (χ2v) is 7.38. The summed E-state index contributed by atoms with van der Waals surface area (Å²) in [7, 11) is 0. The average molecular weight is 436 g/mol. The Balaban J connectivity index is 1.83. The van der Waals surface area contributed by atoms with E-state index in [1.807, 2.05) is 6.07 Å². The zero-order valence-corrected chi connectivity index (χ0v) is 16.1. The van der Waals surface area contributed by atoms with Gasteiger partial charge in [0.1, 0.15) is 18.1 Å². The normalized spacial score (nSPS) is 19.6. The van der Waals surface area contributed by atoms with E-state index in [0.717, 1.165) is 6.07 Å². The number of hydrogen-bond donors (Lipinski definition) is 1. The second-order valence-electron chi connectivity index (χ2n) is 7.38. The summed E-state index contributed by atoms with van der Waals surface area (Å²) in [5, 5.41) is 8.92. The van der Waals surface area contributed by atoms with Gasteiger partial charge >= 0.3 is 6.18 Å². The number of halogens is 5. The van der Waals surface area contributed by atoms with Gasteiger partial charge in [0, 0.05) is 25.4 Å². The third-order valence-electron chi connectivity index (χ3n) is 5.25. The van der Waals surface area contributed by atoms with Crippen molar-refractivity contribution in [2.75, 3.05) is 18.0 Å². The van der Waals surface area contributed by atoms with E-state index in [4.69, 9.17) is 11.0 Å². The molecule has 0 aliphatic carbocycles. The van der Waals surface area contributed by atoms with Crippen molar-refractivity contribution in [3.05, 3.63) is 53.1 Å². The summed E-state index contributed by atoms with van der Waals surface area (Å²) in [5.41, 5.74) is 5.35. The minimum atomic E-state index is -4.87. The van der Waals surface area contributed by atoms with Gasteiger partial charge in [-0.1, -0.05) is 0 Å². The van der Waals surface area contributed by atoms with Gasteiger partial charge in [-0.25, -0.2) is 13.8 Å². The van der Waals surface area contributed by atoms with Crippen molar-refractivity contribution < 1.29 is 22.0 Å². The number of aromatic nitrogens is 3. The van der Waals surface area contributed by atoms with Crippen molar-refractivity contribution in [3.8, 4) is 6.07 Å². The molecule has 1 fully saturated rings. The summed E-state index contributed by atoms with van der Waals surface area (Å²) in [5.74, 6) is -1.16. The molecule has 0 radical (unpaired) electrons. The van der Waals surface area contributed by atoms with Crippen molar-refractivity contribution in [2.45, 2.75) is 31.4 Å². The first-order valence-electron chi connectivity index (χ1n) is 9.44. The maximum absolute atomic E-state index is 14.3. The van der Waals surface area contributed by atoms with Gasteiger partial charge in [0.15, 0.2) is 0 Å². The van der Waals surface area contributed by atoms with E-state index in [-0.39, 0.29) is 43.0 Å². The fourth-order valence-electron chi connectivity index (χ4n) is 3.63. The molecule has 1 aliphatic heterocycles. The molecule has 0 spiro atoms. The molecule has 31 heavy (non-hydrogen) atoms. The number of imidazole rings is 1. The molecule has 3 aromatic rings. The molecule has 0 unspecified atom stereocenters. The van der Waals surface area contributed by atoms with Gasteiger partial charge in [-0.2, -0.15) is 18.4 Å². The molecule has 2 N–H and O–H groups in total. The smallest absolute Gasteiger partial charge is 0.340 e. The molecule has 2 atom stereocenters. The molecule has 3 heterocycles. The number of nitriles is 1. The molecular formula is C20H17F5N6. The molecule has 11 heteroatoms. The van der Waals surface area contributed by atoms with E-state index >= 15 is 0 Å². The zero-order chi connectivity index (χ0) is 22.3. The van der Waals surface area contributed by atoms with Crippen LogP contribution in [0, 0.1) is 17.1 Å². The van der Waals surface area contributed by atoms with Gasteiger partial charge in [0.05, 0.1) is 40.4 Å². The zero-order valence-electron chi connectivity index (χ0n) is 16.1. The van der Waals surface area contributed by atoms with E-state index in [1.54, 1.807) is 17.0 Å². The SMILES string of the molecule is N#Cc1ccc(Cn2c(N3CC[C@@H](F)[C@H](N)C3)nc3cc(C(F)(F)F)c(F)cc32)nc1. The van der Waals surface area contributed by atoms with Crippen molar-refractivity contribution >= 4 is 17.0 Å². The summed E-state index contributed by atoms with van der Waals surface area (Å²) in [6.07, 6.45) is -4.56. The Kier molecular flexibility index (Phi) is 5.26. The molecule has 2 aromatic heterocycles. The van der Waals surface area contributed by atoms with Crippen LogP contribution in [-0.4, -0.2) is 39.8 Å². The fraction of sp³-hybridized carbons (Fsp3) is 0.350. The first-order valence-corrected chi connectivity index (χ1v) is 9.44. The summed E-state index contributed by atoms with van der Waals surface area (Å²) in [4.78, 5) is 10.2. The van der Waals surface area contributed by atoms with Gasteiger partial charge in [0.2, 0.25) is 5.95 Å². The Morgan fingerprint density at radius 1 is 1.26 bits per heavy atom. The standard InChI is InChI=1S/C20H17F5N6/c21-14-3-4-30(10-16(14)27)19-29-17-5-13(20(23,24)25)15(22)6-18(17)31(19)9-12-2-1-11(7-26)8-28-12/h1-2,5-6,8,14,16H,3-4,9-10,27H2/t14-,16-/m1/s1. The summed E-state index contributed by atoms with van der Waals surface area (Å²) >= 11 is 0. The number of fused-ring (bicyclic) bond motifs is 1. The number of benzene rings is 1. The molecule has 1 aliphatic rings. The van der Waals surface area contributed by atoms with Gasteiger partial charge in [-0.05, 0) is 24.6 Å². The Hall–Kier alpha value is -3.26. The highest BCUT2D eigenvalue weighted by Gasteiger charge is 2.36. The minimum absolute atomic E-state index is 0.0479. The van der Waals surface area contributed by atoms with Crippen LogP contribution in [0.15, 0.2) is 30.5 Å². The number of alkyl halides is 4. The van der Waals surface area contributed by atoms with Crippen LogP contribution < -0.4 is 10.6 Å². The summed E-state index contributed by atoms with van der Waals surface area (Å²) in [6.45, 7) is 0.431. The summed E-state index contributed by atoms with van der Waals surface area (Å²) < 4.78 is 69.2. The highest BCUT2D eigenvalue weighted by atomic mass is 19.4. The quantitative estimate of drug-likeness (QED) is 0.637. The van der Waals surface area contributed by atoms with Crippen molar-refractivity contribution in [3.63, 3.8) is 0 Å². The largest absolute Gasteiger partial charge is 0.419 e. The average Bonchev–Trinajstić information content (AvgIpc) is 3.06. The number of piperidine rings is 1. The van der Waals surface area contributed by atoms with E-state index in [9.17, 15) is 22.0 Å². The number of hydrogen-bond acceptors (Lipinski definition) is 5. The number of nitrogens with zero attached hydrogens (tertiary/aromatic N) is 5. The highest BCUT2D eigenvalue weighted by molar-refractivity contribution is 5.80. The molecule has 162 valence electrons. The van der Waals surface area contributed by atoms with Gasteiger partial charge in [-0.3, -0.25) is 4.98 Å². The van der Waals surface area contributed by atoms with E-state index < -0.39 is 29.8 Å². The molecule has 0 saturated carbocycles. The molecule has 0 amide bonds. The molecule has 1 aromatic carbocycles. The maximum Gasteiger partial charge on any atom is 0.419 e. The Labute approximate surface area is 173 Å². The lowest BCUT2D eigenvalue weighted by Crippen LogP contribution is -2.50. The van der Waals surface area contributed by atoms with Crippen molar-refractivity contribution in [1.29, 1.82) is 5.26 Å². The van der Waals surface area contributed by atoms with Crippen LogP contribution in [0.4, 0.5) is 27.9 Å². The van der Waals surface area contributed by atoms with E-state index in [0.29, 0.717) is 17.3 Å². The lowest BCUT2D eigenvalue weighted by Gasteiger charge is -2.34. The van der Waals surface area contributed by atoms with Crippen molar-refractivity contribution in [2.24, 2.45) is 5.73 Å². The molecular weight excluding hydrogens is 419 g/mol. The molecule has 6 nitrogen and oxygen atoms in total. The van der Waals surface area contributed by atoms with Crippen molar-refractivity contribution in [1.82, 2.24) is 14.5 Å². The Morgan fingerprint density at radius 3 is 2.65 bits per heavy atom. The Morgan fingerprint density at radius 2 is 2.03 bits per heavy atom. The number of anilines is 1. The third-order valence-corrected chi connectivity index (χ3v) is 5.25. The molecule has 1 saturated heterocycles. The minimum Gasteiger partial charge on any atom is -0.340 e. The maximum atomic E-state index is 14.3. The Bertz CT molecular complexity index is 1150. The van der Waals surface area contributed by atoms with Crippen LogP contribution in [0.1, 0.15) is 23.2 Å². The lowest BCUT2D eigenvalue weighted by atomic mass is 10.1. The number of rotatable bonds is 3. The highest BCUT2D eigenvalue weighted by Crippen LogP contribution is 2.35. The predicted molar refractivity (Wildman–Crippen MR) is 102 cm³/mol. The van der Waals surface area contributed by atoms with Crippen LogP contribution >= 0.6 is 0 Å². The predicted octanol–water partition coefficient (Wildman–Crippen LogP) is 3.38. The first-order chi connectivity index (χ1) is 14.7. The number of nitrogens with two attached hydrogens (primary N) is 1. The summed E-state index contributed by atoms with van der Waals surface area (Å²) in [6, 6.07) is 5.77. The fourth-order valence-corrected chi connectivity index (χ4v) is 3.63. The van der Waals surface area contributed by atoms with Crippen LogP contribution in [-0.2, 0) is 12.7 Å². The van der Waals surface area contributed by atoms with Crippen LogP contribution in [0.3, 0.4) is 0 Å². The third kappa shape index (κ3) is 4.03. The van der Waals surface area contributed by atoms with Crippen LogP contribution in [0.5, 0.6) is 0 Å². The molecule has 0 bridgehead atoms. The first kappa shape index (κ1) is 21.0. The van der Waals surface area contributed by atoms with E-state index in [1.165, 1.54) is 10.8 Å². The van der Waals surface area contributed by atoms with Gasteiger partial charge < -0.3 is 15.2 Å². The topological polar surface area (TPSA) is 83.8 Å². The van der Waals surface area contributed by atoms with Crippen LogP contribution in [0.2, 0.25) is 0 Å². The van der Waals surface area contributed by atoms with Gasteiger partial charge in [-0.15, -0.1) is 0 Å². The number of pyridine rings is 1. The second kappa shape index (κ2) is 7.77. The van der Waals surface area contributed by atoms with Crippen LogP contribution in [0.25, 0.3) is 11.0 Å². The monoisotopic (exact) mass is 436 g/mol. The molecule has 4 rings (SSSR count).